The third-order valence-electron chi connectivity index (χ3n) is 1.31. The van der Waals surface area contributed by atoms with Crippen LogP contribution in [0.1, 0.15) is 13.8 Å². The zero-order valence-electron chi connectivity index (χ0n) is 8.79. The van der Waals surface area contributed by atoms with E-state index in [1.54, 1.807) is 6.08 Å². The zero-order valence-corrected chi connectivity index (χ0v) is 8.79. The fourth-order valence-electron chi connectivity index (χ4n) is 0.470. The van der Waals surface area contributed by atoms with Gasteiger partial charge in [0.25, 0.3) is 0 Å². The molecule has 0 spiro atoms. The Kier molecular flexibility index (Phi) is 13.4. The number of rotatable bonds is 5. The average Bonchev–Trinajstić information content (AvgIpc) is 2.14. The third kappa shape index (κ3) is 18.5. The van der Waals surface area contributed by atoms with Crippen molar-refractivity contribution in [3.63, 3.8) is 0 Å². The third-order valence-corrected chi connectivity index (χ3v) is 1.31. The predicted molar refractivity (Wildman–Crippen MR) is 59.4 cm³/mol. The maximum Gasteiger partial charge on any atom is 0.0162 e. The van der Waals surface area contributed by atoms with Gasteiger partial charge in [-0.25, -0.2) is 0 Å². The Morgan fingerprint density at radius 2 is 1.85 bits per heavy atom. The van der Waals surface area contributed by atoms with E-state index in [2.05, 4.69) is 11.9 Å². The lowest BCUT2D eigenvalue weighted by Gasteiger charge is -2.12. The molecule has 80 valence electrons. The molecular formula is C9H24N4. The molecule has 2 atom stereocenters. The van der Waals surface area contributed by atoms with Crippen molar-refractivity contribution in [2.75, 3.05) is 19.6 Å². The molecule has 4 heteroatoms. The van der Waals surface area contributed by atoms with Crippen LogP contribution in [0.2, 0.25) is 0 Å². The largest absolute Gasteiger partial charge is 0.329 e. The minimum absolute atomic E-state index is 0.221. The van der Waals surface area contributed by atoms with E-state index in [4.69, 9.17) is 17.2 Å². The van der Waals surface area contributed by atoms with Crippen molar-refractivity contribution in [2.24, 2.45) is 17.2 Å². The molecule has 0 rings (SSSR count). The lowest BCUT2D eigenvalue weighted by Crippen LogP contribution is -2.40. The molecule has 7 N–H and O–H groups in total. The van der Waals surface area contributed by atoms with Gasteiger partial charge < -0.3 is 22.5 Å². The van der Waals surface area contributed by atoms with Gasteiger partial charge in [0, 0.05) is 31.7 Å². The molecule has 0 fully saturated rings. The molecule has 0 aromatic carbocycles. The van der Waals surface area contributed by atoms with Crippen molar-refractivity contribution >= 4 is 0 Å². The van der Waals surface area contributed by atoms with Crippen LogP contribution in [0.3, 0.4) is 0 Å². The number of nitrogens with two attached hydrogens (primary N) is 3. The number of hydrogen-bond acceptors (Lipinski definition) is 4. The SMILES string of the molecule is C=CCN.CC(N)CNC(C)CN. The maximum absolute atomic E-state index is 5.49. The predicted octanol–water partition coefficient (Wildman–Crippen LogP) is -0.598. The van der Waals surface area contributed by atoms with E-state index in [-0.39, 0.29) is 6.04 Å². The Balaban J connectivity index is 0. The summed E-state index contributed by atoms with van der Waals surface area (Å²) >= 11 is 0. The normalized spacial score (nSPS) is 13.9. The summed E-state index contributed by atoms with van der Waals surface area (Å²) in [4.78, 5) is 0. The van der Waals surface area contributed by atoms with Gasteiger partial charge in [0.2, 0.25) is 0 Å². The van der Waals surface area contributed by atoms with Gasteiger partial charge in [-0.05, 0) is 13.8 Å². The summed E-state index contributed by atoms with van der Waals surface area (Å²) in [6.45, 7) is 9.47. The minimum atomic E-state index is 0.221. The Hall–Kier alpha value is -0.420. The van der Waals surface area contributed by atoms with E-state index in [0.29, 0.717) is 19.1 Å². The highest BCUT2D eigenvalue weighted by Gasteiger charge is 1.97. The quantitative estimate of drug-likeness (QED) is 0.434. The fraction of sp³-hybridized carbons (Fsp3) is 0.778. The monoisotopic (exact) mass is 188 g/mol. The summed E-state index contributed by atoms with van der Waals surface area (Å²) < 4.78 is 0. The highest BCUT2D eigenvalue weighted by atomic mass is 14.9. The van der Waals surface area contributed by atoms with Crippen LogP contribution in [0, 0.1) is 0 Å². The molecule has 0 bridgehead atoms. The fourth-order valence-corrected chi connectivity index (χ4v) is 0.470. The summed E-state index contributed by atoms with van der Waals surface area (Å²) in [5.41, 5.74) is 15.8. The Morgan fingerprint density at radius 3 is 2.08 bits per heavy atom. The molecule has 0 aromatic rings. The Labute approximate surface area is 81.5 Å². The molecule has 0 aliphatic heterocycles. The van der Waals surface area contributed by atoms with E-state index in [0.717, 1.165) is 6.54 Å². The molecule has 13 heavy (non-hydrogen) atoms. The van der Waals surface area contributed by atoms with Crippen molar-refractivity contribution in [3.8, 4) is 0 Å². The van der Waals surface area contributed by atoms with Gasteiger partial charge in [-0.2, -0.15) is 0 Å². The number of nitrogens with one attached hydrogen (secondary N) is 1. The molecule has 4 nitrogen and oxygen atoms in total. The van der Waals surface area contributed by atoms with Crippen molar-refractivity contribution in [3.05, 3.63) is 12.7 Å². The second-order valence-electron chi connectivity index (χ2n) is 3.05. The first-order valence-electron chi connectivity index (χ1n) is 4.58. The van der Waals surface area contributed by atoms with Gasteiger partial charge in [0.05, 0.1) is 0 Å². The van der Waals surface area contributed by atoms with Crippen LogP contribution in [-0.4, -0.2) is 31.7 Å². The van der Waals surface area contributed by atoms with Crippen molar-refractivity contribution < 1.29 is 0 Å². The zero-order chi connectivity index (χ0) is 10.7. The summed E-state index contributed by atoms with van der Waals surface area (Å²) in [6, 6.07) is 0.606. The smallest absolute Gasteiger partial charge is 0.0162 e. The molecule has 0 aliphatic carbocycles. The van der Waals surface area contributed by atoms with E-state index in [9.17, 15) is 0 Å². The van der Waals surface area contributed by atoms with Crippen LogP contribution in [0.25, 0.3) is 0 Å². The molecule has 0 amide bonds. The van der Waals surface area contributed by atoms with Crippen LogP contribution >= 0.6 is 0 Å². The Bertz CT molecular complexity index is 104. The van der Waals surface area contributed by atoms with E-state index >= 15 is 0 Å². The minimum Gasteiger partial charge on any atom is -0.329 e. The molecule has 0 aliphatic rings. The summed E-state index contributed by atoms with van der Waals surface area (Å²) in [5, 5.41) is 3.18. The second-order valence-corrected chi connectivity index (χ2v) is 3.05. The highest BCUT2D eigenvalue weighted by Crippen LogP contribution is 1.76. The summed E-state index contributed by atoms with van der Waals surface area (Å²) in [6.07, 6.45) is 1.65. The molecular weight excluding hydrogens is 164 g/mol. The van der Waals surface area contributed by atoms with Gasteiger partial charge >= 0.3 is 0 Å². The van der Waals surface area contributed by atoms with Crippen LogP contribution < -0.4 is 22.5 Å². The van der Waals surface area contributed by atoms with Crippen molar-refractivity contribution in [1.29, 1.82) is 0 Å². The van der Waals surface area contributed by atoms with Gasteiger partial charge in [-0.3, -0.25) is 0 Å². The molecule has 0 heterocycles. The van der Waals surface area contributed by atoms with Gasteiger partial charge in [-0.15, -0.1) is 6.58 Å². The average molecular weight is 188 g/mol. The maximum atomic E-state index is 5.49. The van der Waals surface area contributed by atoms with Gasteiger partial charge in [-0.1, -0.05) is 6.08 Å². The standard InChI is InChI=1S/C6H17N3.C3H7N/c1-5(8)4-9-6(2)3-7;1-2-3-4/h5-6,9H,3-4,7-8H2,1-2H3;2H,1,3-4H2. The molecule has 0 saturated carbocycles. The number of hydrogen-bond donors (Lipinski definition) is 4. The first kappa shape index (κ1) is 15.1. The topological polar surface area (TPSA) is 90.1 Å². The highest BCUT2D eigenvalue weighted by molar-refractivity contribution is 4.64. The van der Waals surface area contributed by atoms with E-state index in [1.165, 1.54) is 0 Å². The molecule has 0 saturated heterocycles. The summed E-state index contributed by atoms with van der Waals surface area (Å²) in [5.74, 6) is 0. The van der Waals surface area contributed by atoms with E-state index < -0.39 is 0 Å². The molecule has 0 radical (unpaired) electrons. The van der Waals surface area contributed by atoms with Crippen molar-refractivity contribution in [1.82, 2.24) is 5.32 Å². The van der Waals surface area contributed by atoms with Crippen LogP contribution in [0.4, 0.5) is 0 Å². The van der Waals surface area contributed by atoms with Crippen LogP contribution in [0.5, 0.6) is 0 Å². The second kappa shape index (κ2) is 11.6. The molecule has 0 aromatic heterocycles. The summed E-state index contributed by atoms with van der Waals surface area (Å²) in [7, 11) is 0. The van der Waals surface area contributed by atoms with Crippen molar-refractivity contribution in [2.45, 2.75) is 25.9 Å². The van der Waals surface area contributed by atoms with Crippen LogP contribution in [0.15, 0.2) is 12.7 Å². The first-order chi connectivity index (χ1) is 6.08. The van der Waals surface area contributed by atoms with Gasteiger partial charge in [0.15, 0.2) is 0 Å². The van der Waals surface area contributed by atoms with Crippen LogP contribution in [-0.2, 0) is 0 Å². The van der Waals surface area contributed by atoms with Gasteiger partial charge in [0.1, 0.15) is 0 Å². The molecule has 2 unspecified atom stereocenters. The Morgan fingerprint density at radius 1 is 1.38 bits per heavy atom. The lowest BCUT2D eigenvalue weighted by molar-refractivity contribution is 0.523. The first-order valence-corrected chi connectivity index (χ1v) is 4.58. The lowest BCUT2D eigenvalue weighted by atomic mass is 10.3. The van der Waals surface area contributed by atoms with E-state index in [1.807, 2.05) is 13.8 Å².